The molecule has 0 spiro atoms. The molecule has 82 valence electrons. The van der Waals surface area contributed by atoms with E-state index in [4.69, 9.17) is 27.9 Å². The van der Waals surface area contributed by atoms with Crippen molar-refractivity contribution in [1.82, 2.24) is 0 Å². The van der Waals surface area contributed by atoms with Crippen molar-refractivity contribution in [3.05, 3.63) is 30.3 Å². The molecule has 0 fully saturated rings. The number of nitrogens with one attached hydrogen (secondary N) is 1. The highest BCUT2D eigenvalue weighted by atomic mass is 35.5. The lowest BCUT2D eigenvalue weighted by Gasteiger charge is -2.19. The Labute approximate surface area is 98.3 Å². The molecule has 0 unspecified atom stereocenters. The summed E-state index contributed by atoms with van der Waals surface area (Å²) in [4.78, 5) is 11.3. The van der Waals surface area contributed by atoms with E-state index in [1.807, 2.05) is 6.07 Å². The molecule has 5 heteroatoms. The van der Waals surface area contributed by atoms with Gasteiger partial charge < -0.3 is 10.1 Å². The van der Waals surface area contributed by atoms with E-state index in [1.54, 1.807) is 31.2 Å². The van der Waals surface area contributed by atoms with Crippen molar-refractivity contribution in [3.63, 3.8) is 0 Å². The molecule has 0 amide bonds. The molecule has 0 heterocycles. The molecule has 0 aliphatic heterocycles. The fourth-order valence-corrected chi connectivity index (χ4v) is 1.30. The predicted octanol–water partition coefficient (Wildman–Crippen LogP) is 2.79. The molecule has 0 aliphatic rings. The Morgan fingerprint density at radius 2 is 2.00 bits per heavy atom. The number of para-hydroxylation sites is 1. The molecule has 0 aromatic heterocycles. The fourth-order valence-electron chi connectivity index (χ4n) is 0.976. The zero-order valence-corrected chi connectivity index (χ0v) is 9.68. The third-order valence-corrected chi connectivity index (χ3v) is 2.10. The zero-order chi connectivity index (χ0) is 11.3. The van der Waals surface area contributed by atoms with Crippen LogP contribution < -0.4 is 5.32 Å². The van der Waals surface area contributed by atoms with E-state index in [0.29, 0.717) is 5.69 Å². The summed E-state index contributed by atoms with van der Waals surface area (Å²) in [5.74, 6) is -0.711. The largest absolute Gasteiger partial charge is 0.462 e. The molecule has 0 bridgehead atoms. The summed E-state index contributed by atoms with van der Waals surface area (Å²) in [7, 11) is 0. The first kappa shape index (κ1) is 12.1. The van der Waals surface area contributed by atoms with Crippen molar-refractivity contribution >= 4 is 34.9 Å². The van der Waals surface area contributed by atoms with E-state index < -0.39 is 10.4 Å². The molecular formula is C10H11Cl2NO2. The van der Waals surface area contributed by atoms with Crippen LogP contribution in [0.5, 0.6) is 0 Å². The van der Waals surface area contributed by atoms with Gasteiger partial charge in [0.1, 0.15) is 0 Å². The summed E-state index contributed by atoms with van der Waals surface area (Å²) in [5.41, 5.74) is 0.649. The zero-order valence-electron chi connectivity index (χ0n) is 8.17. The van der Waals surface area contributed by atoms with Gasteiger partial charge in [-0.05, 0) is 19.1 Å². The van der Waals surface area contributed by atoms with Crippen LogP contribution in [-0.2, 0) is 9.53 Å². The average Bonchev–Trinajstić information content (AvgIpc) is 2.19. The number of halogens is 2. The standard InChI is InChI=1S/C10H11Cl2NO2/c1-2-15-9(14)10(11,12)13-8-6-4-3-5-7-8/h3-7,13H,2H2,1H3. The number of hydrogen-bond acceptors (Lipinski definition) is 3. The molecular weight excluding hydrogens is 237 g/mol. The Morgan fingerprint density at radius 1 is 1.40 bits per heavy atom. The number of benzene rings is 1. The van der Waals surface area contributed by atoms with Crippen molar-refractivity contribution in [2.45, 2.75) is 11.4 Å². The number of carbonyl (C=O) groups excluding carboxylic acids is 1. The fraction of sp³-hybridized carbons (Fsp3) is 0.300. The molecule has 0 radical (unpaired) electrons. The first-order valence-electron chi connectivity index (χ1n) is 4.44. The monoisotopic (exact) mass is 247 g/mol. The summed E-state index contributed by atoms with van der Waals surface area (Å²) in [6.45, 7) is 1.92. The van der Waals surface area contributed by atoms with E-state index in [1.165, 1.54) is 0 Å². The van der Waals surface area contributed by atoms with E-state index >= 15 is 0 Å². The number of anilines is 1. The second-order valence-corrected chi connectivity index (χ2v) is 4.11. The molecule has 0 atom stereocenters. The second kappa shape index (κ2) is 5.24. The first-order chi connectivity index (χ1) is 7.06. The molecule has 15 heavy (non-hydrogen) atoms. The lowest BCUT2D eigenvalue weighted by molar-refractivity contribution is -0.143. The Kier molecular flexibility index (Phi) is 4.24. The maximum absolute atomic E-state index is 11.3. The van der Waals surface area contributed by atoms with Gasteiger partial charge in [0.2, 0.25) is 0 Å². The lowest BCUT2D eigenvalue weighted by Crippen LogP contribution is -2.36. The highest BCUT2D eigenvalue weighted by molar-refractivity contribution is 6.58. The van der Waals surface area contributed by atoms with Crippen LogP contribution >= 0.6 is 23.2 Å². The van der Waals surface area contributed by atoms with Crippen LogP contribution in [-0.4, -0.2) is 17.0 Å². The van der Waals surface area contributed by atoms with Gasteiger partial charge in [-0.2, -0.15) is 0 Å². The molecule has 3 nitrogen and oxygen atoms in total. The molecule has 0 aliphatic carbocycles. The van der Waals surface area contributed by atoms with Crippen LogP contribution in [0.3, 0.4) is 0 Å². The third kappa shape index (κ3) is 3.61. The number of carbonyl (C=O) groups is 1. The SMILES string of the molecule is CCOC(=O)C(Cl)(Cl)Nc1ccccc1. The normalized spacial score (nSPS) is 10.9. The summed E-state index contributed by atoms with van der Waals surface area (Å²) >= 11 is 11.6. The molecule has 0 saturated heterocycles. The van der Waals surface area contributed by atoms with E-state index in [2.05, 4.69) is 5.32 Å². The van der Waals surface area contributed by atoms with Crippen LogP contribution in [0, 0.1) is 0 Å². The molecule has 0 saturated carbocycles. The Morgan fingerprint density at radius 3 is 2.53 bits per heavy atom. The smallest absolute Gasteiger partial charge is 0.363 e. The van der Waals surface area contributed by atoms with Gasteiger partial charge in [0.15, 0.2) is 0 Å². The van der Waals surface area contributed by atoms with Gasteiger partial charge in [0.25, 0.3) is 4.46 Å². The highest BCUT2D eigenvalue weighted by Crippen LogP contribution is 2.25. The number of alkyl halides is 2. The Hall–Kier alpha value is -0.930. The van der Waals surface area contributed by atoms with E-state index in [0.717, 1.165) is 0 Å². The molecule has 1 N–H and O–H groups in total. The van der Waals surface area contributed by atoms with Crippen LogP contribution in [0.4, 0.5) is 5.69 Å². The number of ether oxygens (including phenoxy) is 1. The van der Waals surface area contributed by atoms with Crippen LogP contribution in [0.15, 0.2) is 30.3 Å². The van der Waals surface area contributed by atoms with Gasteiger partial charge in [-0.25, -0.2) is 4.79 Å². The topological polar surface area (TPSA) is 38.3 Å². The highest BCUT2D eigenvalue weighted by Gasteiger charge is 2.35. The van der Waals surface area contributed by atoms with Gasteiger partial charge >= 0.3 is 5.97 Å². The second-order valence-electron chi connectivity index (χ2n) is 2.79. The van der Waals surface area contributed by atoms with Crippen molar-refractivity contribution in [3.8, 4) is 0 Å². The average molecular weight is 248 g/mol. The Balaban J connectivity index is 2.68. The minimum absolute atomic E-state index is 0.233. The van der Waals surface area contributed by atoms with E-state index in [-0.39, 0.29) is 6.61 Å². The number of hydrogen-bond donors (Lipinski definition) is 1. The maximum atomic E-state index is 11.3. The number of rotatable bonds is 4. The van der Waals surface area contributed by atoms with Gasteiger partial charge in [-0.15, -0.1) is 0 Å². The maximum Gasteiger partial charge on any atom is 0.363 e. The third-order valence-electron chi connectivity index (χ3n) is 1.61. The van der Waals surface area contributed by atoms with Gasteiger partial charge in [0.05, 0.1) is 6.61 Å². The summed E-state index contributed by atoms with van der Waals surface area (Å²) in [6.07, 6.45) is 0. The van der Waals surface area contributed by atoms with Gasteiger partial charge in [-0.1, -0.05) is 41.4 Å². The van der Waals surface area contributed by atoms with E-state index in [9.17, 15) is 4.79 Å². The predicted molar refractivity (Wildman–Crippen MR) is 61.1 cm³/mol. The molecule has 1 aromatic rings. The molecule has 1 aromatic carbocycles. The first-order valence-corrected chi connectivity index (χ1v) is 5.20. The van der Waals surface area contributed by atoms with Crippen molar-refractivity contribution < 1.29 is 9.53 Å². The van der Waals surface area contributed by atoms with Crippen LogP contribution in [0.2, 0.25) is 0 Å². The summed E-state index contributed by atoms with van der Waals surface area (Å²) in [6, 6.07) is 8.95. The minimum Gasteiger partial charge on any atom is -0.462 e. The van der Waals surface area contributed by atoms with Crippen LogP contribution in [0.25, 0.3) is 0 Å². The van der Waals surface area contributed by atoms with Crippen LogP contribution in [0.1, 0.15) is 6.92 Å². The Bertz CT molecular complexity index is 327. The minimum atomic E-state index is -1.75. The van der Waals surface area contributed by atoms with Gasteiger partial charge in [0, 0.05) is 5.69 Å². The van der Waals surface area contributed by atoms with Crippen molar-refractivity contribution in [1.29, 1.82) is 0 Å². The summed E-state index contributed by atoms with van der Waals surface area (Å²) < 4.78 is 2.96. The summed E-state index contributed by atoms with van der Waals surface area (Å²) in [5, 5.41) is 2.66. The van der Waals surface area contributed by atoms with Crippen molar-refractivity contribution in [2.24, 2.45) is 0 Å². The lowest BCUT2D eigenvalue weighted by atomic mass is 10.3. The number of esters is 1. The quantitative estimate of drug-likeness (QED) is 0.505. The van der Waals surface area contributed by atoms with Crippen molar-refractivity contribution in [2.75, 3.05) is 11.9 Å². The molecule has 1 rings (SSSR count). The van der Waals surface area contributed by atoms with Gasteiger partial charge in [-0.3, -0.25) is 0 Å².